The molecule has 218 valence electrons. The van der Waals surface area contributed by atoms with E-state index in [0.29, 0.717) is 19.1 Å². The Morgan fingerprint density at radius 2 is 1.77 bits per heavy atom. The molecule has 2 fully saturated rings. The molecule has 2 amide bonds. The number of halogens is 2. The third-order valence-corrected chi connectivity index (χ3v) is 13.9. The molecule has 1 saturated heterocycles. The molecule has 0 atom stereocenters. The minimum atomic E-state index is -1.84. The van der Waals surface area contributed by atoms with Gasteiger partial charge in [-0.15, -0.1) is 0 Å². The predicted octanol–water partition coefficient (Wildman–Crippen LogP) is 6.71. The first-order valence-corrected chi connectivity index (χ1v) is 17.4. The number of likely N-dealkylation sites (tertiary alicyclic amines) is 1. The normalized spacial score (nSPS) is 21.0. The number of hydrogen-bond donors (Lipinski definition) is 2. The molecular formula is C31H43ClFN3O3Si. The molecule has 1 saturated carbocycles. The highest BCUT2D eigenvalue weighted by molar-refractivity contribution is 6.74. The van der Waals surface area contributed by atoms with E-state index in [1.54, 1.807) is 0 Å². The van der Waals surface area contributed by atoms with Crippen LogP contribution in [0.4, 0.5) is 10.1 Å². The number of nitrogens with zero attached hydrogens (tertiary/aromatic N) is 1. The third kappa shape index (κ3) is 5.73. The average Bonchev–Trinajstić information content (AvgIpc) is 2.82. The van der Waals surface area contributed by atoms with Gasteiger partial charge in [-0.2, -0.15) is 0 Å². The summed E-state index contributed by atoms with van der Waals surface area (Å²) in [5.41, 5.74) is 1.48. The molecule has 1 aliphatic heterocycles. The number of rotatable bonds is 8. The second-order valence-corrected chi connectivity index (χ2v) is 18.4. The Labute approximate surface area is 244 Å². The Morgan fingerprint density at radius 1 is 1.15 bits per heavy atom. The summed E-state index contributed by atoms with van der Waals surface area (Å²) in [7, 11) is -0.356. The zero-order valence-electron chi connectivity index (χ0n) is 25.0. The van der Waals surface area contributed by atoms with Gasteiger partial charge in [-0.1, -0.05) is 70.5 Å². The first-order chi connectivity index (χ1) is 18.6. The molecule has 1 aliphatic carbocycles. The number of carbonyl (C=O) groups is 2. The molecule has 2 aliphatic rings. The second-order valence-electron chi connectivity index (χ2n) is 13.2. The van der Waals surface area contributed by atoms with Gasteiger partial charge in [0.15, 0.2) is 8.32 Å². The fraction of sp³-hybridized carbons (Fsp3) is 0.548. The molecule has 2 aromatic carbocycles. The van der Waals surface area contributed by atoms with Gasteiger partial charge in [-0.3, -0.25) is 14.5 Å². The molecule has 1 heterocycles. The molecule has 40 heavy (non-hydrogen) atoms. The van der Waals surface area contributed by atoms with Crippen molar-refractivity contribution in [3.8, 4) is 0 Å². The summed E-state index contributed by atoms with van der Waals surface area (Å²) < 4.78 is 21.1. The lowest BCUT2D eigenvalue weighted by atomic mass is 9.67. The molecule has 0 unspecified atom stereocenters. The quantitative estimate of drug-likeness (QED) is 0.337. The van der Waals surface area contributed by atoms with E-state index in [-0.39, 0.29) is 39.2 Å². The molecule has 9 heteroatoms. The van der Waals surface area contributed by atoms with Crippen molar-refractivity contribution in [3.63, 3.8) is 0 Å². The SMILES string of the molecule is CNC(=O)c1cc(Cl)c(F)cc1NC(=O)C1(c2ccccc2C(C)C)CN(C2CC(O[Si](C)(C)C(C)(C)C)C2)C1. The van der Waals surface area contributed by atoms with E-state index in [1.165, 1.54) is 13.1 Å². The lowest BCUT2D eigenvalue weighted by molar-refractivity contribution is -0.133. The summed E-state index contributed by atoms with van der Waals surface area (Å²) in [6.45, 7) is 16.7. The summed E-state index contributed by atoms with van der Waals surface area (Å²) in [5.74, 6) is -1.18. The summed E-state index contributed by atoms with van der Waals surface area (Å²) >= 11 is 5.97. The van der Waals surface area contributed by atoms with Crippen LogP contribution in [-0.4, -0.2) is 57.3 Å². The minimum Gasteiger partial charge on any atom is -0.414 e. The topological polar surface area (TPSA) is 70.7 Å². The summed E-state index contributed by atoms with van der Waals surface area (Å²) in [5, 5.41) is 5.44. The highest BCUT2D eigenvalue weighted by Gasteiger charge is 2.55. The van der Waals surface area contributed by atoms with E-state index in [2.05, 4.69) is 69.3 Å². The van der Waals surface area contributed by atoms with Crippen molar-refractivity contribution < 1.29 is 18.4 Å². The Hall–Kier alpha value is -2.26. The zero-order valence-corrected chi connectivity index (χ0v) is 26.7. The van der Waals surface area contributed by atoms with Crippen molar-refractivity contribution >= 4 is 37.4 Å². The third-order valence-electron chi connectivity index (χ3n) is 9.11. The van der Waals surface area contributed by atoms with Crippen molar-refractivity contribution in [3.05, 3.63) is 63.9 Å². The minimum absolute atomic E-state index is 0.109. The van der Waals surface area contributed by atoms with E-state index in [0.717, 1.165) is 30.0 Å². The van der Waals surface area contributed by atoms with Crippen molar-refractivity contribution in [2.75, 3.05) is 25.5 Å². The van der Waals surface area contributed by atoms with Crippen molar-refractivity contribution in [2.24, 2.45) is 0 Å². The van der Waals surface area contributed by atoms with Gasteiger partial charge in [0.1, 0.15) is 5.82 Å². The lowest BCUT2D eigenvalue weighted by Gasteiger charge is -2.57. The van der Waals surface area contributed by atoms with Crippen LogP contribution in [0.3, 0.4) is 0 Å². The Kier molecular flexibility index (Phi) is 8.59. The smallest absolute Gasteiger partial charge is 0.253 e. The lowest BCUT2D eigenvalue weighted by Crippen LogP contribution is -2.70. The van der Waals surface area contributed by atoms with Crippen LogP contribution in [0.15, 0.2) is 36.4 Å². The van der Waals surface area contributed by atoms with E-state index in [4.69, 9.17) is 16.0 Å². The average molecular weight is 588 g/mol. The zero-order chi connectivity index (χ0) is 29.6. The van der Waals surface area contributed by atoms with Crippen molar-refractivity contribution in [1.82, 2.24) is 10.2 Å². The van der Waals surface area contributed by atoms with Crippen LogP contribution in [0, 0.1) is 5.82 Å². The number of nitrogens with one attached hydrogen (secondary N) is 2. The Bertz CT molecular complexity index is 1280. The monoisotopic (exact) mass is 587 g/mol. The maximum absolute atomic E-state index is 14.5. The van der Waals surface area contributed by atoms with Crippen LogP contribution in [0.1, 0.15) is 74.9 Å². The van der Waals surface area contributed by atoms with Gasteiger partial charge in [-0.05, 0) is 60.2 Å². The summed E-state index contributed by atoms with van der Waals surface area (Å²) in [6, 6.07) is 10.8. The van der Waals surface area contributed by atoms with Gasteiger partial charge >= 0.3 is 0 Å². The molecular weight excluding hydrogens is 545 g/mol. The molecule has 2 N–H and O–H groups in total. The van der Waals surface area contributed by atoms with E-state index in [1.807, 2.05) is 18.2 Å². The maximum atomic E-state index is 14.5. The molecule has 0 radical (unpaired) electrons. The molecule has 0 spiro atoms. The molecule has 4 rings (SSSR count). The first-order valence-electron chi connectivity index (χ1n) is 14.1. The molecule has 0 bridgehead atoms. The maximum Gasteiger partial charge on any atom is 0.253 e. The van der Waals surface area contributed by atoms with Gasteiger partial charge < -0.3 is 15.1 Å². The van der Waals surface area contributed by atoms with Gasteiger partial charge in [0.2, 0.25) is 5.91 Å². The van der Waals surface area contributed by atoms with Crippen molar-refractivity contribution in [2.45, 2.75) is 89.1 Å². The van der Waals surface area contributed by atoms with Crippen LogP contribution < -0.4 is 10.6 Å². The first kappa shape index (κ1) is 30.7. The number of amides is 2. The standard InChI is InChI=1S/C31H43ClFN3O3Si/c1-19(2)22-11-9-10-12-24(22)31(29(38)35-27-16-26(33)25(32)15-23(27)28(37)34-6)17-36(18-31)20-13-21(14-20)39-40(7,8)30(3,4)5/h9-12,15-16,19-21H,13-14,17-18H2,1-8H3,(H,34,37)(H,35,38). The molecule has 6 nitrogen and oxygen atoms in total. The number of anilines is 1. The number of hydrogen-bond acceptors (Lipinski definition) is 4. The summed E-state index contributed by atoms with van der Waals surface area (Å²) in [6.07, 6.45) is 2.17. The molecule has 2 aromatic rings. The van der Waals surface area contributed by atoms with Crippen molar-refractivity contribution in [1.29, 1.82) is 0 Å². The van der Waals surface area contributed by atoms with E-state index in [9.17, 15) is 14.0 Å². The number of carbonyl (C=O) groups excluding carboxylic acids is 2. The van der Waals surface area contributed by atoms with Gasteiger partial charge in [0, 0.05) is 32.3 Å². The summed E-state index contributed by atoms with van der Waals surface area (Å²) in [4.78, 5) is 29.1. The molecule has 0 aromatic heterocycles. The Morgan fingerprint density at radius 3 is 2.35 bits per heavy atom. The van der Waals surface area contributed by atoms with Gasteiger partial charge in [0.25, 0.3) is 5.91 Å². The van der Waals surface area contributed by atoms with Gasteiger partial charge in [-0.25, -0.2) is 4.39 Å². The largest absolute Gasteiger partial charge is 0.414 e. The fourth-order valence-corrected chi connectivity index (χ4v) is 7.06. The fourth-order valence-electron chi connectivity index (χ4n) is 5.52. The highest BCUT2D eigenvalue weighted by Crippen LogP contribution is 2.46. The van der Waals surface area contributed by atoms with Gasteiger partial charge in [0.05, 0.1) is 21.7 Å². The predicted molar refractivity (Wildman–Crippen MR) is 162 cm³/mol. The van der Waals surface area contributed by atoms with E-state index >= 15 is 0 Å². The second kappa shape index (κ2) is 11.2. The Balaban J connectivity index is 1.59. The van der Waals surface area contributed by atoms with Crippen LogP contribution in [0.2, 0.25) is 23.2 Å². The van der Waals surface area contributed by atoms with Crippen LogP contribution >= 0.6 is 11.6 Å². The van der Waals surface area contributed by atoms with Crippen LogP contribution in [0.5, 0.6) is 0 Å². The van der Waals surface area contributed by atoms with Crippen LogP contribution in [0.25, 0.3) is 0 Å². The highest BCUT2D eigenvalue weighted by atomic mass is 35.5. The number of benzene rings is 2. The van der Waals surface area contributed by atoms with E-state index < -0.39 is 25.5 Å². The van der Waals surface area contributed by atoms with Crippen LogP contribution in [-0.2, 0) is 14.6 Å².